The first-order valence-corrected chi connectivity index (χ1v) is 10.5. The number of hydrogen-bond acceptors (Lipinski definition) is 0. The van der Waals surface area contributed by atoms with Gasteiger partial charge in [0, 0.05) is 0 Å². The third-order valence-corrected chi connectivity index (χ3v) is 6.29. The summed E-state index contributed by atoms with van der Waals surface area (Å²) < 4.78 is 0. The highest BCUT2D eigenvalue weighted by atomic mass is 14.3. The van der Waals surface area contributed by atoms with E-state index in [1.54, 1.807) is 0 Å². The van der Waals surface area contributed by atoms with E-state index in [2.05, 4.69) is 97.1 Å². The minimum absolute atomic E-state index is 1.01. The Hall–Kier alpha value is -3.38. The molecular weight excluding hydrogens is 348 g/mol. The monoisotopic (exact) mass is 370 g/mol. The van der Waals surface area contributed by atoms with Crippen molar-refractivity contribution in [2.24, 2.45) is 0 Å². The van der Waals surface area contributed by atoms with Gasteiger partial charge >= 0.3 is 0 Å². The van der Waals surface area contributed by atoms with Crippen LogP contribution in [0.25, 0.3) is 38.6 Å². The highest BCUT2D eigenvalue weighted by molar-refractivity contribution is 6.08. The number of fused-ring (bicyclic) bond motifs is 5. The van der Waals surface area contributed by atoms with Gasteiger partial charge < -0.3 is 0 Å². The topological polar surface area (TPSA) is 0 Å². The van der Waals surface area contributed by atoms with E-state index in [1.165, 1.54) is 55.3 Å². The fraction of sp³-hybridized carbons (Fsp3) is 0.103. The maximum atomic E-state index is 2.42. The van der Waals surface area contributed by atoms with E-state index in [0.717, 1.165) is 19.3 Å². The zero-order valence-corrected chi connectivity index (χ0v) is 16.4. The summed E-state index contributed by atoms with van der Waals surface area (Å²) in [6, 6.07) is 29.1. The fourth-order valence-electron chi connectivity index (χ4n) is 4.94. The summed E-state index contributed by atoms with van der Waals surface area (Å²) >= 11 is 0. The average Bonchev–Trinajstić information content (AvgIpc) is 3.17. The van der Waals surface area contributed by atoms with Crippen molar-refractivity contribution in [2.45, 2.75) is 19.3 Å². The van der Waals surface area contributed by atoms with Gasteiger partial charge in [-0.2, -0.15) is 0 Å². The van der Waals surface area contributed by atoms with Crippen LogP contribution in [-0.2, 0) is 6.42 Å². The maximum Gasteiger partial charge on any atom is -0.00128 e. The van der Waals surface area contributed by atoms with Crippen molar-refractivity contribution in [3.63, 3.8) is 0 Å². The van der Waals surface area contributed by atoms with Gasteiger partial charge in [0.2, 0.25) is 0 Å². The predicted molar refractivity (Wildman–Crippen MR) is 124 cm³/mol. The molecule has 0 N–H and O–H groups in total. The predicted octanol–water partition coefficient (Wildman–Crippen LogP) is 7.81. The van der Waals surface area contributed by atoms with Crippen LogP contribution in [0.2, 0.25) is 0 Å². The first kappa shape index (κ1) is 16.6. The van der Waals surface area contributed by atoms with Gasteiger partial charge in [-0.3, -0.25) is 0 Å². The van der Waals surface area contributed by atoms with Gasteiger partial charge in [0.15, 0.2) is 0 Å². The van der Waals surface area contributed by atoms with Crippen LogP contribution in [-0.4, -0.2) is 0 Å². The third kappa shape index (κ3) is 2.68. The highest BCUT2D eigenvalue weighted by Gasteiger charge is 2.23. The first-order chi connectivity index (χ1) is 14.4. The first-order valence-electron chi connectivity index (χ1n) is 10.5. The van der Waals surface area contributed by atoms with Crippen LogP contribution in [0.3, 0.4) is 0 Å². The van der Waals surface area contributed by atoms with Crippen molar-refractivity contribution in [3.05, 3.63) is 114 Å². The molecule has 0 aliphatic heterocycles. The molecule has 0 fully saturated rings. The summed E-state index contributed by atoms with van der Waals surface area (Å²) in [7, 11) is 0. The van der Waals surface area contributed by atoms with Crippen molar-refractivity contribution in [2.75, 3.05) is 0 Å². The van der Waals surface area contributed by atoms with E-state index in [0.29, 0.717) is 0 Å². The lowest BCUT2D eigenvalue weighted by Gasteiger charge is -2.13. The van der Waals surface area contributed by atoms with Gasteiger partial charge in [-0.1, -0.05) is 91.0 Å². The van der Waals surface area contributed by atoms with Crippen LogP contribution in [0.15, 0.2) is 97.1 Å². The molecule has 0 radical (unpaired) electrons. The Bertz CT molecular complexity index is 1300. The Morgan fingerprint density at radius 1 is 0.586 bits per heavy atom. The summed E-state index contributed by atoms with van der Waals surface area (Å²) in [6.07, 6.45) is 10.3. The lowest BCUT2D eigenvalue weighted by atomic mass is 9.91. The summed E-state index contributed by atoms with van der Waals surface area (Å²) in [5.74, 6) is 0. The number of allylic oxidation sites excluding steroid dienone is 4. The lowest BCUT2D eigenvalue weighted by molar-refractivity contribution is 1.04. The molecule has 2 aliphatic carbocycles. The van der Waals surface area contributed by atoms with E-state index < -0.39 is 0 Å². The molecule has 0 heteroatoms. The second-order valence-electron chi connectivity index (χ2n) is 8.06. The Morgan fingerprint density at radius 2 is 1.41 bits per heavy atom. The lowest BCUT2D eigenvalue weighted by Crippen LogP contribution is -1.88. The normalized spacial score (nSPS) is 14.6. The summed E-state index contributed by atoms with van der Waals surface area (Å²) in [6.45, 7) is 0. The molecule has 0 aromatic heterocycles. The molecule has 0 heterocycles. The van der Waals surface area contributed by atoms with E-state index in [9.17, 15) is 0 Å². The van der Waals surface area contributed by atoms with E-state index in [1.807, 2.05) is 0 Å². The Morgan fingerprint density at radius 3 is 2.24 bits per heavy atom. The van der Waals surface area contributed by atoms with Crippen molar-refractivity contribution in [1.29, 1.82) is 0 Å². The smallest absolute Gasteiger partial charge is 0.00128 e. The van der Waals surface area contributed by atoms with Crippen LogP contribution in [0.5, 0.6) is 0 Å². The molecule has 6 rings (SSSR count). The van der Waals surface area contributed by atoms with Gasteiger partial charge in [0.1, 0.15) is 0 Å². The van der Waals surface area contributed by atoms with Crippen LogP contribution < -0.4 is 0 Å². The maximum absolute atomic E-state index is 2.42. The molecule has 0 unspecified atom stereocenters. The molecule has 138 valence electrons. The number of rotatable bonds is 2. The molecule has 0 spiro atoms. The standard InChI is InChI=1S/C29H22/c1-3-9-20(10-4-1)22-15-16-25-23(17-22)18-24-19-28(21-11-5-2-6-12-21)26-13-7-8-14-27(26)29(24)25/h2-3,5-17,19H,1,4,18H2. The molecule has 0 saturated carbocycles. The molecule has 0 atom stereocenters. The highest BCUT2D eigenvalue weighted by Crippen LogP contribution is 2.45. The third-order valence-electron chi connectivity index (χ3n) is 6.29. The van der Waals surface area contributed by atoms with Crippen LogP contribution >= 0.6 is 0 Å². The van der Waals surface area contributed by atoms with Gasteiger partial charge in [-0.15, -0.1) is 0 Å². The van der Waals surface area contributed by atoms with Gasteiger partial charge in [-0.25, -0.2) is 0 Å². The summed E-state index contributed by atoms with van der Waals surface area (Å²) in [5.41, 5.74) is 11.1. The molecule has 0 amide bonds. The largest absolute Gasteiger partial charge is 0.0836 e. The SMILES string of the molecule is C1=CC(c2ccc3c(c2)Cc2cc(-c4ccccc4)c4ccccc4c2-3)=CCC1. The van der Waals surface area contributed by atoms with Crippen molar-refractivity contribution in [3.8, 4) is 22.3 Å². The fourth-order valence-corrected chi connectivity index (χ4v) is 4.94. The summed E-state index contributed by atoms with van der Waals surface area (Å²) in [5, 5.41) is 2.71. The number of benzene rings is 4. The second kappa shape index (κ2) is 6.60. The van der Waals surface area contributed by atoms with Crippen LogP contribution in [0.1, 0.15) is 29.5 Å². The minimum atomic E-state index is 1.01. The molecule has 4 aromatic carbocycles. The average molecular weight is 370 g/mol. The molecule has 0 saturated heterocycles. The Kier molecular flexibility index (Phi) is 3.77. The van der Waals surface area contributed by atoms with Gasteiger partial charge in [0.05, 0.1) is 0 Å². The van der Waals surface area contributed by atoms with Gasteiger partial charge in [-0.05, 0) is 80.6 Å². The van der Waals surface area contributed by atoms with Gasteiger partial charge in [0.25, 0.3) is 0 Å². The quantitative estimate of drug-likeness (QED) is 0.297. The molecule has 29 heavy (non-hydrogen) atoms. The molecule has 2 aliphatic rings. The second-order valence-corrected chi connectivity index (χ2v) is 8.06. The zero-order valence-electron chi connectivity index (χ0n) is 16.4. The van der Waals surface area contributed by atoms with E-state index in [4.69, 9.17) is 0 Å². The number of hydrogen-bond donors (Lipinski definition) is 0. The van der Waals surface area contributed by atoms with Crippen LogP contribution in [0.4, 0.5) is 0 Å². The molecule has 0 nitrogen and oxygen atoms in total. The molecule has 4 aromatic rings. The van der Waals surface area contributed by atoms with E-state index >= 15 is 0 Å². The van der Waals surface area contributed by atoms with E-state index in [-0.39, 0.29) is 0 Å². The Labute approximate surface area is 171 Å². The molecular formula is C29H22. The Balaban J connectivity index is 1.55. The van der Waals surface area contributed by atoms with Crippen molar-refractivity contribution in [1.82, 2.24) is 0 Å². The molecule has 0 bridgehead atoms. The summed E-state index contributed by atoms with van der Waals surface area (Å²) in [4.78, 5) is 0. The zero-order chi connectivity index (χ0) is 19.2. The van der Waals surface area contributed by atoms with Crippen molar-refractivity contribution < 1.29 is 0 Å². The van der Waals surface area contributed by atoms with Crippen LogP contribution in [0, 0.1) is 0 Å². The van der Waals surface area contributed by atoms with Crippen molar-refractivity contribution >= 4 is 16.3 Å². The minimum Gasteiger partial charge on any atom is -0.0836 e.